The maximum Gasteiger partial charge on any atom is 0.319 e. The van der Waals surface area contributed by atoms with Gasteiger partial charge >= 0.3 is 17.3 Å². The normalized spacial score (nSPS) is 11.0. The highest BCUT2D eigenvalue weighted by Crippen LogP contribution is 2.41. The van der Waals surface area contributed by atoms with Crippen LogP contribution in [0.4, 0.5) is 11.4 Å². The number of esters is 1. The number of hydrogen-bond acceptors (Lipinski definition) is 6. The van der Waals surface area contributed by atoms with E-state index in [9.17, 15) is 25.0 Å². The van der Waals surface area contributed by atoms with Gasteiger partial charge in [0.2, 0.25) is 0 Å². The van der Waals surface area contributed by atoms with Gasteiger partial charge < -0.3 is 4.74 Å². The number of ether oxygens (including phenoxy) is 1. The summed E-state index contributed by atoms with van der Waals surface area (Å²) < 4.78 is 4.64. The summed E-state index contributed by atoms with van der Waals surface area (Å²) in [6.45, 7) is 6.31. The van der Waals surface area contributed by atoms with E-state index in [-0.39, 0.29) is 0 Å². The molecular formula is C12H14N2O6. The van der Waals surface area contributed by atoms with Crippen molar-refractivity contribution < 1.29 is 19.4 Å². The molecule has 0 unspecified atom stereocenters. The number of hydrogen-bond donors (Lipinski definition) is 0. The smallest absolute Gasteiger partial charge is 0.319 e. The molecule has 0 fully saturated rings. The average Bonchev–Trinajstić information content (AvgIpc) is 2.25. The largest absolute Gasteiger partial charge is 0.412 e. The lowest BCUT2D eigenvalue weighted by molar-refractivity contribution is -0.395. The van der Waals surface area contributed by atoms with E-state index in [1.807, 2.05) is 0 Å². The van der Waals surface area contributed by atoms with E-state index in [4.69, 9.17) is 0 Å². The van der Waals surface area contributed by atoms with Crippen LogP contribution in [0, 0.1) is 20.2 Å². The van der Waals surface area contributed by atoms with Crippen molar-refractivity contribution in [3.8, 4) is 5.75 Å². The Labute approximate surface area is 114 Å². The second-order valence-corrected chi connectivity index (χ2v) is 5.20. The van der Waals surface area contributed by atoms with Crippen molar-refractivity contribution in [1.82, 2.24) is 0 Å². The van der Waals surface area contributed by atoms with Crippen LogP contribution in [-0.2, 0) is 10.2 Å². The molecule has 108 valence electrons. The first-order valence-electron chi connectivity index (χ1n) is 5.69. The molecule has 0 aliphatic heterocycles. The zero-order valence-corrected chi connectivity index (χ0v) is 11.5. The molecule has 0 radical (unpaired) electrons. The lowest BCUT2D eigenvalue weighted by Gasteiger charge is -2.19. The van der Waals surface area contributed by atoms with Gasteiger partial charge in [-0.05, 0) is 11.0 Å². The van der Waals surface area contributed by atoms with Gasteiger partial charge in [-0.3, -0.25) is 25.0 Å². The Morgan fingerprint density at radius 1 is 1.10 bits per heavy atom. The SMILES string of the molecule is CC(=O)Oc1c([N+](=O)[O-])cc(C(C)(C)C)cc1[N+](=O)[O-]. The van der Waals surface area contributed by atoms with Crippen molar-refractivity contribution in [3.05, 3.63) is 37.9 Å². The number of benzene rings is 1. The summed E-state index contributed by atoms with van der Waals surface area (Å²) in [4.78, 5) is 31.5. The molecule has 0 N–H and O–H groups in total. The van der Waals surface area contributed by atoms with Crippen LogP contribution < -0.4 is 4.74 Å². The maximum absolute atomic E-state index is 11.0. The third kappa shape index (κ3) is 3.28. The average molecular weight is 282 g/mol. The van der Waals surface area contributed by atoms with E-state index >= 15 is 0 Å². The molecule has 0 aliphatic rings. The fraction of sp³-hybridized carbons (Fsp3) is 0.417. The van der Waals surface area contributed by atoms with Gasteiger partial charge in [0.05, 0.1) is 9.85 Å². The van der Waals surface area contributed by atoms with Gasteiger partial charge in [-0.15, -0.1) is 0 Å². The van der Waals surface area contributed by atoms with E-state index in [0.717, 1.165) is 6.92 Å². The quantitative estimate of drug-likeness (QED) is 0.364. The highest BCUT2D eigenvalue weighted by Gasteiger charge is 2.32. The van der Waals surface area contributed by atoms with Crippen LogP contribution in [0.5, 0.6) is 5.75 Å². The van der Waals surface area contributed by atoms with Crippen LogP contribution in [0.25, 0.3) is 0 Å². The van der Waals surface area contributed by atoms with Crippen LogP contribution in [0.2, 0.25) is 0 Å². The Kier molecular flexibility index (Phi) is 4.07. The van der Waals surface area contributed by atoms with Crippen LogP contribution in [0.1, 0.15) is 33.3 Å². The van der Waals surface area contributed by atoms with Crippen LogP contribution in [0.15, 0.2) is 12.1 Å². The highest BCUT2D eigenvalue weighted by molar-refractivity contribution is 5.75. The molecule has 0 heterocycles. The molecule has 1 rings (SSSR count). The molecule has 1 aromatic rings. The molecule has 20 heavy (non-hydrogen) atoms. The lowest BCUT2D eigenvalue weighted by Crippen LogP contribution is -2.14. The number of nitro benzene ring substituents is 2. The maximum atomic E-state index is 11.0. The zero-order chi connectivity index (χ0) is 15.7. The van der Waals surface area contributed by atoms with Gasteiger partial charge in [0.15, 0.2) is 0 Å². The van der Waals surface area contributed by atoms with Crippen molar-refractivity contribution in [3.63, 3.8) is 0 Å². The number of carbonyl (C=O) groups excluding carboxylic acids is 1. The van der Waals surface area contributed by atoms with E-state index in [2.05, 4.69) is 4.74 Å². The summed E-state index contributed by atoms with van der Waals surface area (Å²) in [6.07, 6.45) is 0. The molecule has 0 aliphatic carbocycles. The lowest BCUT2D eigenvalue weighted by atomic mass is 9.86. The Balaban J connectivity index is 3.67. The summed E-state index contributed by atoms with van der Waals surface area (Å²) in [6, 6.07) is 2.37. The minimum Gasteiger partial charge on any atom is -0.412 e. The third-order valence-electron chi connectivity index (χ3n) is 2.55. The summed E-state index contributed by atoms with van der Waals surface area (Å²) in [7, 11) is 0. The Morgan fingerprint density at radius 2 is 1.50 bits per heavy atom. The van der Waals surface area contributed by atoms with E-state index in [1.165, 1.54) is 12.1 Å². The first-order valence-corrected chi connectivity index (χ1v) is 5.69. The van der Waals surface area contributed by atoms with E-state index in [0.29, 0.717) is 5.56 Å². The monoisotopic (exact) mass is 282 g/mol. The first-order chi connectivity index (χ1) is 9.04. The standard InChI is InChI=1S/C12H14N2O6/c1-7(15)20-11-9(13(16)17)5-8(12(2,3)4)6-10(11)14(18)19/h5-6H,1-4H3. The fourth-order valence-corrected chi connectivity index (χ4v) is 1.55. The molecule has 0 atom stereocenters. The second kappa shape index (κ2) is 5.24. The van der Waals surface area contributed by atoms with Gasteiger partial charge in [0, 0.05) is 19.1 Å². The van der Waals surface area contributed by atoms with E-state index < -0.39 is 38.4 Å². The summed E-state index contributed by atoms with van der Waals surface area (Å²) in [5.74, 6) is -1.50. The number of rotatable bonds is 3. The topological polar surface area (TPSA) is 113 Å². The van der Waals surface area contributed by atoms with E-state index in [1.54, 1.807) is 20.8 Å². The Morgan fingerprint density at radius 3 is 1.75 bits per heavy atom. The molecule has 8 nitrogen and oxygen atoms in total. The Bertz CT molecular complexity index is 553. The van der Waals surface area contributed by atoms with Gasteiger partial charge in [-0.2, -0.15) is 0 Å². The molecule has 8 heteroatoms. The van der Waals surface area contributed by atoms with Crippen molar-refractivity contribution in [1.29, 1.82) is 0 Å². The van der Waals surface area contributed by atoms with Gasteiger partial charge in [0.1, 0.15) is 0 Å². The molecule has 1 aromatic carbocycles. The fourth-order valence-electron chi connectivity index (χ4n) is 1.55. The van der Waals surface area contributed by atoms with Gasteiger partial charge in [-0.1, -0.05) is 20.8 Å². The minimum absolute atomic E-state index is 0.409. The number of nitro groups is 2. The molecule has 0 aromatic heterocycles. The van der Waals surface area contributed by atoms with Crippen LogP contribution in [-0.4, -0.2) is 15.8 Å². The molecule has 0 saturated heterocycles. The highest BCUT2D eigenvalue weighted by atomic mass is 16.6. The van der Waals surface area contributed by atoms with Crippen molar-refractivity contribution >= 4 is 17.3 Å². The predicted octanol–water partition coefficient (Wildman–Crippen LogP) is 2.73. The van der Waals surface area contributed by atoms with Gasteiger partial charge in [0.25, 0.3) is 5.75 Å². The van der Waals surface area contributed by atoms with Crippen LogP contribution in [0.3, 0.4) is 0 Å². The summed E-state index contributed by atoms with van der Waals surface area (Å²) >= 11 is 0. The van der Waals surface area contributed by atoms with Crippen molar-refractivity contribution in [2.24, 2.45) is 0 Å². The molecule has 0 saturated carbocycles. The third-order valence-corrected chi connectivity index (χ3v) is 2.55. The van der Waals surface area contributed by atoms with Crippen molar-refractivity contribution in [2.45, 2.75) is 33.1 Å². The molecule has 0 bridgehead atoms. The first kappa shape index (κ1) is 15.5. The number of nitrogens with zero attached hydrogens (tertiary/aromatic N) is 2. The summed E-state index contributed by atoms with van der Waals surface area (Å²) in [5.41, 5.74) is -1.31. The summed E-state index contributed by atoms with van der Waals surface area (Å²) in [5, 5.41) is 22.1. The predicted molar refractivity (Wildman–Crippen MR) is 69.8 cm³/mol. The van der Waals surface area contributed by atoms with Crippen LogP contribution >= 0.6 is 0 Å². The zero-order valence-electron chi connectivity index (χ0n) is 11.5. The minimum atomic E-state index is -0.861. The second-order valence-electron chi connectivity index (χ2n) is 5.20. The molecule has 0 amide bonds. The molecule has 0 spiro atoms. The van der Waals surface area contributed by atoms with Crippen molar-refractivity contribution in [2.75, 3.05) is 0 Å². The Hall–Kier alpha value is -2.51. The molecular weight excluding hydrogens is 268 g/mol. The number of carbonyl (C=O) groups is 1. The van der Waals surface area contributed by atoms with Gasteiger partial charge in [-0.25, -0.2) is 0 Å².